The van der Waals surface area contributed by atoms with E-state index >= 15 is 0 Å². The Morgan fingerprint density at radius 2 is 2.26 bits per heavy atom. The molecule has 0 aliphatic heterocycles. The number of amides is 1. The van der Waals surface area contributed by atoms with E-state index in [9.17, 15) is 9.18 Å². The lowest BCUT2D eigenvalue weighted by molar-refractivity contribution is 0.0496. The Kier molecular flexibility index (Phi) is 4.10. The normalized spacial score (nSPS) is 14.9. The van der Waals surface area contributed by atoms with Crippen LogP contribution in [0, 0.1) is 5.95 Å². The first kappa shape index (κ1) is 15.2. The van der Waals surface area contributed by atoms with Gasteiger partial charge < -0.3 is 14.8 Å². The molecule has 2 aromatic heterocycles. The highest BCUT2D eigenvalue weighted by Crippen LogP contribution is 2.40. The molecule has 2 aromatic rings. The van der Waals surface area contributed by atoms with Gasteiger partial charge in [0, 0.05) is 30.6 Å². The van der Waals surface area contributed by atoms with Crippen LogP contribution in [0.5, 0.6) is 5.75 Å². The predicted molar refractivity (Wildman–Crippen MR) is 80.4 cm³/mol. The highest BCUT2D eigenvalue weighted by Gasteiger charge is 2.48. The van der Waals surface area contributed by atoms with E-state index in [1.165, 1.54) is 13.2 Å². The van der Waals surface area contributed by atoms with Crippen molar-refractivity contribution in [3.05, 3.63) is 42.7 Å². The van der Waals surface area contributed by atoms with Crippen molar-refractivity contribution in [3.8, 4) is 16.9 Å². The number of carbonyl (C=O) groups is 1. The van der Waals surface area contributed by atoms with E-state index in [0.717, 1.165) is 12.8 Å². The highest BCUT2D eigenvalue weighted by atomic mass is 19.1. The SMILES string of the molecule is CNC(=O)OC1(COc2cnc(F)c(-c3cccnc3)c2)CC1. The second-order valence-corrected chi connectivity index (χ2v) is 5.36. The standard InChI is InChI=1S/C16H16FN3O3/c1-18-15(21)23-16(4-5-16)10-22-12-7-13(14(17)20-9-12)11-3-2-6-19-8-11/h2-3,6-9H,4-5,10H2,1H3,(H,18,21). The van der Waals surface area contributed by atoms with Crippen molar-refractivity contribution in [2.45, 2.75) is 18.4 Å². The highest BCUT2D eigenvalue weighted by molar-refractivity contribution is 5.67. The van der Waals surface area contributed by atoms with Crippen LogP contribution in [-0.2, 0) is 4.74 Å². The van der Waals surface area contributed by atoms with Crippen molar-refractivity contribution in [3.63, 3.8) is 0 Å². The Morgan fingerprint density at radius 3 is 2.91 bits per heavy atom. The second kappa shape index (κ2) is 6.20. The summed E-state index contributed by atoms with van der Waals surface area (Å²) in [5.74, 6) is -0.176. The molecular weight excluding hydrogens is 301 g/mol. The summed E-state index contributed by atoms with van der Waals surface area (Å²) in [6.45, 7) is 0.209. The Morgan fingerprint density at radius 1 is 1.43 bits per heavy atom. The molecule has 2 heterocycles. The number of rotatable bonds is 5. The van der Waals surface area contributed by atoms with E-state index in [1.807, 2.05) is 0 Å². The number of pyridine rings is 2. The molecule has 0 unspecified atom stereocenters. The zero-order valence-electron chi connectivity index (χ0n) is 12.6. The van der Waals surface area contributed by atoms with Crippen LogP contribution in [0.15, 0.2) is 36.8 Å². The van der Waals surface area contributed by atoms with Crippen LogP contribution in [0.25, 0.3) is 11.1 Å². The van der Waals surface area contributed by atoms with Crippen LogP contribution in [0.2, 0.25) is 0 Å². The number of hydrogen-bond donors (Lipinski definition) is 1. The lowest BCUT2D eigenvalue weighted by Gasteiger charge is -2.17. The van der Waals surface area contributed by atoms with E-state index in [-0.39, 0.29) is 6.61 Å². The average molecular weight is 317 g/mol. The molecule has 0 saturated heterocycles. The zero-order chi connectivity index (χ0) is 16.3. The zero-order valence-corrected chi connectivity index (χ0v) is 12.6. The maximum atomic E-state index is 13.9. The van der Waals surface area contributed by atoms with Crippen molar-refractivity contribution in [1.82, 2.24) is 15.3 Å². The Hall–Kier alpha value is -2.70. The number of halogens is 1. The van der Waals surface area contributed by atoms with Gasteiger partial charge in [0.25, 0.3) is 0 Å². The third-order valence-corrected chi connectivity index (χ3v) is 3.61. The number of ether oxygens (including phenoxy) is 2. The first-order valence-electron chi connectivity index (χ1n) is 7.21. The molecule has 120 valence electrons. The van der Waals surface area contributed by atoms with Gasteiger partial charge in [-0.15, -0.1) is 0 Å². The van der Waals surface area contributed by atoms with Gasteiger partial charge in [0.15, 0.2) is 0 Å². The van der Waals surface area contributed by atoms with E-state index in [2.05, 4.69) is 15.3 Å². The number of hydrogen-bond acceptors (Lipinski definition) is 5. The molecule has 1 N–H and O–H groups in total. The summed E-state index contributed by atoms with van der Waals surface area (Å²) in [5, 5.41) is 2.41. The van der Waals surface area contributed by atoms with Crippen LogP contribution in [0.4, 0.5) is 9.18 Å². The van der Waals surface area contributed by atoms with Gasteiger partial charge in [-0.1, -0.05) is 6.07 Å². The monoisotopic (exact) mass is 317 g/mol. The lowest BCUT2D eigenvalue weighted by Crippen LogP contribution is -2.31. The predicted octanol–water partition coefficient (Wildman–Crippen LogP) is 2.55. The Balaban J connectivity index is 1.71. The molecule has 1 saturated carbocycles. The third kappa shape index (κ3) is 3.56. The molecule has 1 amide bonds. The summed E-state index contributed by atoms with van der Waals surface area (Å²) < 4.78 is 24.8. The van der Waals surface area contributed by atoms with E-state index in [1.54, 1.807) is 30.6 Å². The second-order valence-electron chi connectivity index (χ2n) is 5.36. The summed E-state index contributed by atoms with van der Waals surface area (Å²) in [6.07, 6.45) is 5.47. The van der Waals surface area contributed by atoms with Crippen molar-refractivity contribution in [1.29, 1.82) is 0 Å². The lowest BCUT2D eigenvalue weighted by atomic mass is 10.1. The van der Waals surface area contributed by atoms with Gasteiger partial charge in [0.1, 0.15) is 18.0 Å². The number of alkyl carbamates (subject to hydrolysis) is 1. The van der Waals surface area contributed by atoms with Crippen LogP contribution in [0.3, 0.4) is 0 Å². The molecule has 0 radical (unpaired) electrons. The van der Waals surface area contributed by atoms with Crippen LogP contribution in [-0.4, -0.2) is 35.3 Å². The summed E-state index contributed by atoms with van der Waals surface area (Å²) >= 11 is 0. The smallest absolute Gasteiger partial charge is 0.407 e. The average Bonchev–Trinajstić information content (AvgIpc) is 3.34. The summed E-state index contributed by atoms with van der Waals surface area (Å²) in [4.78, 5) is 19.0. The van der Waals surface area contributed by atoms with Gasteiger partial charge in [-0.05, 0) is 25.0 Å². The minimum absolute atomic E-state index is 0.209. The first-order chi connectivity index (χ1) is 11.1. The number of nitrogens with one attached hydrogen (secondary N) is 1. The summed E-state index contributed by atoms with van der Waals surface area (Å²) in [5.41, 5.74) is 0.335. The molecule has 1 aliphatic rings. The number of aromatic nitrogens is 2. The maximum absolute atomic E-state index is 13.9. The van der Waals surface area contributed by atoms with Crippen LogP contribution in [0.1, 0.15) is 12.8 Å². The molecule has 0 atom stereocenters. The van der Waals surface area contributed by atoms with E-state index in [0.29, 0.717) is 16.9 Å². The van der Waals surface area contributed by atoms with Crippen molar-refractivity contribution in [2.24, 2.45) is 0 Å². The van der Waals surface area contributed by atoms with E-state index in [4.69, 9.17) is 9.47 Å². The molecule has 7 heteroatoms. The Labute approximate surface area is 132 Å². The van der Waals surface area contributed by atoms with Crippen LogP contribution < -0.4 is 10.1 Å². The minimum Gasteiger partial charge on any atom is -0.488 e. The molecular formula is C16H16FN3O3. The molecule has 6 nitrogen and oxygen atoms in total. The Bertz CT molecular complexity index is 705. The van der Waals surface area contributed by atoms with E-state index < -0.39 is 17.6 Å². The first-order valence-corrected chi connectivity index (χ1v) is 7.21. The fraction of sp³-hybridized carbons (Fsp3) is 0.312. The molecule has 1 aliphatic carbocycles. The van der Waals surface area contributed by atoms with Gasteiger partial charge in [-0.3, -0.25) is 4.98 Å². The molecule has 0 aromatic carbocycles. The maximum Gasteiger partial charge on any atom is 0.407 e. The van der Waals surface area contributed by atoms with Gasteiger partial charge in [-0.2, -0.15) is 4.39 Å². The van der Waals surface area contributed by atoms with Gasteiger partial charge in [0.2, 0.25) is 5.95 Å². The summed E-state index contributed by atoms with van der Waals surface area (Å²) in [7, 11) is 1.50. The van der Waals surface area contributed by atoms with Crippen molar-refractivity contribution < 1.29 is 18.7 Å². The molecule has 3 rings (SSSR count). The van der Waals surface area contributed by atoms with Gasteiger partial charge in [-0.25, -0.2) is 9.78 Å². The van der Waals surface area contributed by atoms with Crippen molar-refractivity contribution in [2.75, 3.05) is 13.7 Å². The largest absolute Gasteiger partial charge is 0.488 e. The fourth-order valence-electron chi connectivity index (χ4n) is 2.11. The topological polar surface area (TPSA) is 73.3 Å². The third-order valence-electron chi connectivity index (χ3n) is 3.61. The molecule has 23 heavy (non-hydrogen) atoms. The van der Waals surface area contributed by atoms with Crippen LogP contribution >= 0.6 is 0 Å². The minimum atomic E-state index is -0.594. The van der Waals surface area contributed by atoms with Crippen molar-refractivity contribution >= 4 is 6.09 Å². The molecule has 0 spiro atoms. The quantitative estimate of drug-likeness (QED) is 0.858. The summed E-state index contributed by atoms with van der Waals surface area (Å²) in [6, 6.07) is 5.03. The molecule has 0 bridgehead atoms. The molecule has 1 fully saturated rings. The fourth-order valence-corrected chi connectivity index (χ4v) is 2.11. The van der Waals surface area contributed by atoms with Gasteiger partial charge in [0.05, 0.1) is 6.20 Å². The van der Waals surface area contributed by atoms with Gasteiger partial charge >= 0.3 is 6.09 Å². The number of nitrogens with zero attached hydrogens (tertiary/aromatic N) is 2. The number of carbonyl (C=O) groups excluding carboxylic acids is 1.